The normalized spacial score (nSPS) is 12.7. The van der Waals surface area contributed by atoms with Gasteiger partial charge >= 0.3 is 6.09 Å². The third kappa shape index (κ3) is 30.0. The summed E-state index contributed by atoms with van der Waals surface area (Å²) in [4.78, 5) is 173. The molecular weight excluding hydrogens is 1860 g/mol. The minimum Gasteiger partial charge on any atom is -0.444 e. The number of hydrogen-bond donors (Lipinski definition) is 16. The quantitative estimate of drug-likeness (QED) is 0.0144. The molecule has 0 radical (unpaired) electrons. The topological polar surface area (TPSA) is 514 Å². The van der Waals surface area contributed by atoms with E-state index >= 15 is 0 Å². The SMILES string of the molecule is CC(C)(C)c1ccc(C(=O)Nc2cc(-c3cc(NC4CCNC4)ncn3)c[nH]c2=O)cc1.CNCCNc1cc(-c2c[nH]c(=O)c(NC(=O)c3ccc(C(C)(C)C)cc3)c2)ncn1.CNc1nccc(-c2c[nH]c(=O)c(NC(=O)c3ccc(N4CCCCC4)cc3)c2)n1.CSc1ncc(C)c(-c2c[nH]c(=O)c(NC(=O)c3ccc(C(C)(C)C)cc3)c2)n1.O=C(Nc1cc(-c2cn[nH]c2)c[nH]c1=O)OCc1ccccc1. The zero-order valence-electron chi connectivity index (χ0n) is 82.8. The first-order valence-corrected chi connectivity index (χ1v) is 48.3. The number of rotatable bonds is 25. The number of aryl methyl sites for hydroxylation is 1. The summed E-state index contributed by atoms with van der Waals surface area (Å²) in [5.41, 5.74) is 14.0. The van der Waals surface area contributed by atoms with E-state index in [1.54, 1.807) is 154 Å². The maximum atomic E-state index is 12.7. The number of carbonyl (C=O) groups excluding carboxylic acids is 5. The monoisotopic (exact) mass is 1970 g/mol. The maximum absolute atomic E-state index is 12.7. The maximum Gasteiger partial charge on any atom is 0.412 e. The number of likely N-dealkylation sites (N-methyl/N-ethyl adjacent to an activating group) is 1. The Hall–Kier alpha value is -17.0. The van der Waals surface area contributed by atoms with Crippen LogP contribution < -0.4 is 85.9 Å². The molecule has 2 aliphatic heterocycles. The molecule has 15 aromatic rings. The molecule has 1 atom stereocenters. The molecule has 12 heterocycles. The summed E-state index contributed by atoms with van der Waals surface area (Å²) in [6, 6.07) is 52.7. The molecule has 5 aromatic carbocycles. The Kier molecular flexibility index (Phi) is 35.9. The van der Waals surface area contributed by atoms with E-state index < -0.39 is 11.7 Å². The number of hydrogen-bond acceptors (Lipinski definition) is 27. The van der Waals surface area contributed by atoms with Gasteiger partial charge in [0.25, 0.3) is 51.4 Å². The first-order valence-electron chi connectivity index (χ1n) is 47.0. The zero-order chi connectivity index (χ0) is 103. The largest absolute Gasteiger partial charge is 0.444 e. The number of piperidine rings is 1. The van der Waals surface area contributed by atoms with Crippen LogP contribution in [0.4, 0.5) is 56.5 Å². The highest BCUT2D eigenvalue weighted by molar-refractivity contribution is 7.98. The number of nitrogens with zero attached hydrogens (tertiary/aromatic N) is 10. The molecule has 0 aliphatic carbocycles. The summed E-state index contributed by atoms with van der Waals surface area (Å²) in [5.74, 6) is 0.513. The van der Waals surface area contributed by atoms with Crippen LogP contribution in [-0.4, -0.2) is 170 Å². The van der Waals surface area contributed by atoms with Crippen molar-refractivity contribution >= 4 is 93.2 Å². The number of carbonyl (C=O) groups is 5. The third-order valence-electron chi connectivity index (χ3n) is 23.3. The van der Waals surface area contributed by atoms with E-state index in [1.165, 1.54) is 43.7 Å². The number of ether oxygens (including phenoxy) is 1. The molecule has 16 N–H and O–H groups in total. The number of thioether (sulfide) groups is 1. The minimum absolute atomic E-state index is 0.0000121. The lowest BCUT2D eigenvalue weighted by Crippen LogP contribution is -2.29. The molecule has 0 spiro atoms. The molecule has 17 rings (SSSR count). The van der Waals surface area contributed by atoms with Crippen molar-refractivity contribution in [1.29, 1.82) is 0 Å². The number of nitrogens with one attached hydrogen (secondary N) is 16. The Balaban J connectivity index is 0.000000152. The van der Waals surface area contributed by atoms with Crippen molar-refractivity contribution in [2.24, 2.45) is 0 Å². The lowest BCUT2D eigenvalue weighted by molar-refractivity contribution is 0.101. The van der Waals surface area contributed by atoms with Crippen molar-refractivity contribution in [1.82, 2.24) is 85.6 Å². The lowest BCUT2D eigenvalue weighted by Gasteiger charge is -2.28. The second-order valence-electron chi connectivity index (χ2n) is 37.1. The third-order valence-corrected chi connectivity index (χ3v) is 23.8. The molecule has 145 heavy (non-hydrogen) atoms. The van der Waals surface area contributed by atoms with Gasteiger partial charge in [0, 0.05) is 169 Å². The summed E-state index contributed by atoms with van der Waals surface area (Å²) >= 11 is 1.44. The highest BCUT2D eigenvalue weighted by Crippen LogP contribution is 2.31. The molecule has 38 heteroatoms. The van der Waals surface area contributed by atoms with Gasteiger partial charge in [-0.1, -0.05) is 141 Å². The van der Waals surface area contributed by atoms with E-state index in [-0.39, 0.29) is 97.2 Å². The van der Waals surface area contributed by atoms with Crippen molar-refractivity contribution in [2.75, 3.05) is 107 Å². The molecule has 5 amide bonds. The summed E-state index contributed by atoms with van der Waals surface area (Å²) in [6.45, 7) is 26.6. The van der Waals surface area contributed by atoms with E-state index in [0.29, 0.717) is 96.8 Å². The van der Waals surface area contributed by atoms with Crippen molar-refractivity contribution in [2.45, 2.75) is 129 Å². The summed E-state index contributed by atoms with van der Waals surface area (Å²) < 4.78 is 5.10. The Morgan fingerprint density at radius 2 is 0.903 bits per heavy atom. The zero-order valence-corrected chi connectivity index (χ0v) is 83.6. The summed E-state index contributed by atoms with van der Waals surface area (Å²) in [7, 11) is 3.61. The van der Waals surface area contributed by atoms with Crippen LogP contribution in [0.25, 0.3) is 56.2 Å². The molecule has 2 aliphatic rings. The van der Waals surface area contributed by atoms with Crippen LogP contribution in [0.1, 0.15) is 157 Å². The molecule has 0 bridgehead atoms. The average Bonchev–Trinajstić information content (AvgIpc) is 1.46. The van der Waals surface area contributed by atoms with Crippen molar-refractivity contribution in [3.05, 3.63) is 346 Å². The number of pyridine rings is 5. The fraction of sp³-hybridized carbons (Fsp3) is 0.262. The Labute approximate surface area is 841 Å². The standard InChI is InChI=1S/C24H28N6O2.C23H28N6O2.C22H24N6O2.C22H24N4O2S.C16H14N4O3/c1-24(2,3)17-6-4-15(5-7-17)22(31)30-20-10-16(12-26-23(20)32)19-11-21(28-14-27-19)29-18-8-9-25-13-18;1-23(2,3)17-7-5-15(6-8-17)21(30)29-19-11-16(13-26-22(19)31)18-12-20(28-14-27-18)25-10-9-24-4;1-23-22-24-10-9-18(27-22)16-13-19(21(30)25-14-16)26-20(29)15-5-7-17(8-6-15)28-11-3-2-4-12-28;1-13-11-24-21(29-5)26-18(13)15-10-17(20(28)23-12-15)25-19(27)14-6-8-16(9-7-14)22(2,3)4;21-15-14(6-12(7-17-15)13-8-18-19-9-13)20-16(22)23-10-11-4-2-1-3-5-11/h4-7,10-12,14,18,25H,8-9,13H2,1-3H3,(H,26,32)(H,30,31)(H,27,28,29);5-8,11-14,24H,9-10H2,1-4H3,(H,26,31)(H,29,30)(H,25,27,28);5-10,13-14H,2-4,11-12H2,1H3,(H,25,30)(H,26,29)(H,23,24,27);6-12H,1-5H3,(H,23,28)(H,25,27);1-9H,10H2,(H,17,21)(H,18,19)(H,20,22). The van der Waals surface area contributed by atoms with Crippen LogP contribution >= 0.6 is 11.8 Å². The first kappa shape index (κ1) is 105. The number of aromatic nitrogens is 15. The second kappa shape index (κ2) is 49.4. The molecule has 37 nitrogen and oxygen atoms in total. The smallest absolute Gasteiger partial charge is 0.412 e. The second-order valence-corrected chi connectivity index (χ2v) is 37.8. The first-order chi connectivity index (χ1) is 69.6. The van der Waals surface area contributed by atoms with E-state index in [0.717, 1.165) is 89.6 Å². The van der Waals surface area contributed by atoms with Crippen LogP contribution in [0.15, 0.2) is 273 Å². The van der Waals surface area contributed by atoms with Gasteiger partial charge in [0.1, 0.15) is 59.3 Å². The molecule has 1 unspecified atom stereocenters. The molecule has 0 saturated carbocycles. The molecular formula is C107H118N26O11S. The summed E-state index contributed by atoms with van der Waals surface area (Å²) in [5, 5.41) is 36.3. The van der Waals surface area contributed by atoms with Crippen LogP contribution in [-0.2, 0) is 27.6 Å². The Morgan fingerprint density at radius 3 is 1.36 bits per heavy atom. The van der Waals surface area contributed by atoms with Gasteiger partial charge in [0.15, 0.2) is 5.16 Å². The molecule has 2 saturated heterocycles. The molecule has 748 valence electrons. The highest BCUT2D eigenvalue weighted by Gasteiger charge is 2.24. The van der Waals surface area contributed by atoms with E-state index in [9.17, 15) is 47.9 Å². The van der Waals surface area contributed by atoms with Gasteiger partial charge < -0.3 is 82.4 Å². The number of anilines is 9. The number of benzene rings is 5. The van der Waals surface area contributed by atoms with E-state index in [4.69, 9.17) is 4.74 Å². The van der Waals surface area contributed by atoms with E-state index in [1.807, 2.05) is 105 Å². The van der Waals surface area contributed by atoms with Crippen LogP contribution in [0.5, 0.6) is 0 Å². The summed E-state index contributed by atoms with van der Waals surface area (Å²) in [6.07, 6.45) is 23.4. The number of H-pyrrole nitrogens is 6. The van der Waals surface area contributed by atoms with Gasteiger partial charge in [0.2, 0.25) is 5.95 Å². The Morgan fingerprint density at radius 1 is 0.455 bits per heavy atom. The van der Waals surface area contributed by atoms with Gasteiger partial charge in [-0.15, -0.1) is 0 Å². The fourth-order valence-electron chi connectivity index (χ4n) is 15.0. The van der Waals surface area contributed by atoms with Gasteiger partial charge in [-0.2, -0.15) is 5.10 Å². The van der Waals surface area contributed by atoms with Gasteiger partial charge in [-0.3, -0.25) is 53.6 Å². The van der Waals surface area contributed by atoms with Crippen molar-refractivity contribution < 1.29 is 28.7 Å². The number of amides is 5. The minimum atomic E-state index is -0.691. The lowest BCUT2D eigenvalue weighted by atomic mass is 9.86. The fourth-order valence-corrected chi connectivity index (χ4v) is 15.3. The predicted octanol–water partition coefficient (Wildman–Crippen LogP) is 16.2. The molecule has 2 fully saturated rings. The average molecular weight is 1980 g/mol. The van der Waals surface area contributed by atoms with Crippen LogP contribution in [0.3, 0.4) is 0 Å². The van der Waals surface area contributed by atoms with Crippen molar-refractivity contribution in [3.8, 4) is 56.2 Å². The number of aromatic amines is 6. The van der Waals surface area contributed by atoms with Gasteiger partial charge in [0.05, 0.1) is 29.0 Å². The van der Waals surface area contributed by atoms with Gasteiger partial charge in [-0.25, -0.2) is 44.7 Å². The Bertz CT molecular complexity index is 7290. The van der Waals surface area contributed by atoms with Crippen LogP contribution in [0.2, 0.25) is 0 Å². The molecule has 10 aromatic heterocycles. The highest BCUT2D eigenvalue weighted by atomic mass is 32.2. The van der Waals surface area contributed by atoms with Gasteiger partial charge in [-0.05, 0) is 194 Å². The van der Waals surface area contributed by atoms with Crippen LogP contribution in [0, 0.1) is 6.92 Å². The van der Waals surface area contributed by atoms with Crippen molar-refractivity contribution in [3.63, 3.8) is 0 Å². The van der Waals surface area contributed by atoms with E-state index in [2.05, 4.69) is 195 Å². The predicted molar refractivity (Wildman–Crippen MR) is 570 cm³/mol.